The molecule has 2 aromatic carbocycles. The van der Waals surface area contributed by atoms with Gasteiger partial charge in [0, 0.05) is 26.2 Å². The predicted octanol–water partition coefficient (Wildman–Crippen LogP) is 4.24. The summed E-state index contributed by atoms with van der Waals surface area (Å²) in [6.07, 6.45) is 5.91. The van der Waals surface area contributed by atoms with Crippen LogP contribution in [0.15, 0.2) is 48.5 Å². The van der Waals surface area contributed by atoms with Crippen LogP contribution < -0.4 is 9.64 Å². The fourth-order valence-corrected chi connectivity index (χ4v) is 5.25. The number of aromatic nitrogens is 4. The van der Waals surface area contributed by atoms with Gasteiger partial charge in [-0.1, -0.05) is 43.5 Å². The molecule has 0 radical (unpaired) electrons. The van der Waals surface area contributed by atoms with E-state index in [4.69, 9.17) is 4.74 Å². The molecule has 5 rings (SSSR count). The Labute approximate surface area is 194 Å². The van der Waals surface area contributed by atoms with Crippen molar-refractivity contribution in [3.8, 4) is 5.75 Å². The number of hydrogen-bond acceptors (Lipinski definition) is 6. The summed E-state index contributed by atoms with van der Waals surface area (Å²) in [7, 11) is 1.71. The van der Waals surface area contributed by atoms with Gasteiger partial charge in [0.15, 0.2) is 5.82 Å². The van der Waals surface area contributed by atoms with Crippen LogP contribution in [-0.2, 0) is 0 Å². The monoisotopic (exact) mass is 450 g/mol. The summed E-state index contributed by atoms with van der Waals surface area (Å²) >= 11 is 0. The maximum Gasteiger partial charge on any atom is 0.173 e. The van der Waals surface area contributed by atoms with Gasteiger partial charge < -0.3 is 9.64 Å². The summed E-state index contributed by atoms with van der Waals surface area (Å²) in [5.74, 6) is 1.52. The largest absolute Gasteiger partial charge is 0.495 e. The lowest BCUT2D eigenvalue weighted by Gasteiger charge is -2.40. The van der Waals surface area contributed by atoms with Gasteiger partial charge >= 0.3 is 0 Å². The number of rotatable bonds is 6. The molecule has 1 saturated carbocycles. The maximum absolute atomic E-state index is 13.7. The third-order valence-corrected chi connectivity index (χ3v) is 6.97. The minimum absolute atomic E-state index is 0.109. The Morgan fingerprint density at radius 2 is 1.67 bits per heavy atom. The fraction of sp³-hybridized carbons (Fsp3) is 0.480. The Morgan fingerprint density at radius 1 is 0.939 bits per heavy atom. The minimum atomic E-state index is -0.231. The van der Waals surface area contributed by atoms with E-state index in [2.05, 4.69) is 31.4 Å². The van der Waals surface area contributed by atoms with Gasteiger partial charge in [0.2, 0.25) is 0 Å². The molecule has 33 heavy (non-hydrogen) atoms. The second-order valence-corrected chi connectivity index (χ2v) is 8.92. The van der Waals surface area contributed by atoms with Gasteiger partial charge in [-0.3, -0.25) is 4.90 Å². The van der Waals surface area contributed by atoms with Gasteiger partial charge in [-0.05, 0) is 53.1 Å². The van der Waals surface area contributed by atoms with Crippen molar-refractivity contribution in [3.05, 3.63) is 65.7 Å². The van der Waals surface area contributed by atoms with Crippen LogP contribution in [0.1, 0.15) is 55.6 Å². The van der Waals surface area contributed by atoms with Crippen molar-refractivity contribution in [1.82, 2.24) is 25.1 Å². The molecule has 0 spiro atoms. The number of piperazine rings is 1. The predicted molar refractivity (Wildman–Crippen MR) is 125 cm³/mol. The van der Waals surface area contributed by atoms with Crippen molar-refractivity contribution in [1.29, 1.82) is 0 Å². The lowest BCUT2D eigenvalue weighted by Crippen LogP contribution is -2.48. The zero-order chi connectivity index (χ0) is 22.6. The number of ether oxygens (including phenoxy) is 1. The Balaban J connectivity index is 1.42. The first-order valence-corrected chi connectivity index (χ1v) is 11.9. The van der Waals surface area contributed by atoms with Crippen molar-refractivity contribution in [2.45, 2.75) is 44.2 Å². The van der Waals surface area contributed by atoms with Crippen LogP contribution in [-0.4, -0.2) is 58.4 Å². The van der Waals surface area contributed by atoms with Crippen LogP contribution in [0.2, 0.25) is 0 Å². The molecule has 2 heterocycles. The molecule has 1 aliphatic carbocycles. The van der Waals surface area contributed by atoms with Crippen molar-refractivity contribution < 1.29 is 9.13 Å². The van der Waals surface area contributed by atoms with Gasteiger partial charge in [-0.25, -0.2) is 9.07 Å². The normalized spacial score (nSPS) is 18.9. The second kappa shape index (κ2) is 9.87. The van der Waals surface area contributed by atoms with Crippen molar-refractivity contribution in [2.75, 3.05) is 38.2 Å². The highest BCUT2D eigenvalue weighted by Crippen LogP contribution is 2.35. The Hall–Kier alpha value is -3.00. The number of nitrogens with zero attached hydrogens (tertiary/aromatic N) is 6. The lowest BCUT2D eigenvalue weighted by molar-refractivity contribution is 0.193. The van der Waals surface area contributed by atoms with Gasteiger partial charge in [-0.2, -0.15) is 0 Å². The number of methoxy groups -OCH3 is 1. The molecule has 1 aliphatic heterocycles. The first kappa shape index (κ1) is 21.8. The SMILES string of the molecule is COc1ccccc1N1CCN(C(c2ccc(F)cc2)c2nnnn2C2CCCCC2)CC1. The zero-order valence-corrected chi connectivity index (χ0v) is 19.1. The summed E-state index contributed by atoms with van der Waals surface area (Å²) in [6, 6.07) is 15.2. The number of para-hydroxylation sites is 2. The van der Waals surface area contributed by atoms with Gasteiger partial charge in [0.25, 0.3) is 0 Å². The standard InChI is InChI=1S/C25H31FN6O/c1-33-23-10-6-5-9-22(23)30-15-17-31(18-16-30)24(19-11-13-20(26)14-12-19)25-27-28-29-32(25)21-7-3-2-4-8-21/h5-6,9-14,21,24H,2-4,7-8,15-18H2,1H3. The van der Waals surface area contributed by atoms with E-state index in [1.165, 1.54) is 31.4 Å². The Bertz CT molecular complexity index is 1040. The summed E-state index contributed by atoms with van der Waals surface area (Å²) in [5, 5.41) is 13.0. The molecule has 1 atom stereocenters. The van der Waals surface area contributed by atoms with Gasteiger partial charge in [-0.15, -0.1) is 5.10 Å². The molecule has 0 bridgehead atoms. The molecular weight excluding hydrogens is 419 g/mol. The van der Waals surface area contributed by atoms with Crippen LogP contribution in [0.25, 0.3) is 0 Å². The molecule has 0 N–H and O–H groups in total. The van der Waals surface area contributed by atoms with Crippen molar-refractivity contribution >= 4 is 5.69 Å². The molecule has 1 aromatic heterocycles. The molecule has 0 amide bonds. The second-order valence-electron chi connectivity index (χ2n) is 8.92. The number of tetrazole rings is 1. The van der Waals surface area contributed by atoms with E-state index in [9.17, 15) is 4.39 Å². The van der Waals surface area contributed by atoms with Crippen LogP contribution in [0.4, 0.5) is 10.1 Å². The molecule has 1 saturated heterocycles. The molecule has 8 heteroatoms. The summed E-state index contributed by atoms with van der Waals surface area (Å²) in [4.78, 5) is 4.78. The van der Waals surface area contributed by atoms with Crippen LogP contribution in [0, 0.1) is 5.82 Å². The molecule has 174 valence electrons. The zero-order valence-electron chi connectivity index (χ0n) is 19.1. The number of benzene rings is 2. The molecular formula is C25H31FN6O. The van der Waals surface area contributed by atoms with Crippen molar-refractivity contribution in [3.63, 3.8) is 0 Å². The Morgan fingerprint density at radius 3 is 2.39 bits per heavy atom. The molecule has 1 unspecified atom stereocenters. The van der Waals surface area contributed by atoms with Crippen LogP contribution in [0.5, 0.6) is 5.75 Å². The fourth-order valence-electron chi connectivity index (χ4n) is 5.25. The highest BCUT2D eigenvalue weighted by atomic mass is 19.1. The highest BCUT2D eigenvalue weighted by Gasteiger charge is 2.33. The molecule has 2 fully saturated rings. The number of hydrogen-bond donors (Lipinski definition) is 0. The van der Waals surface area contributed by atoms with Gasteiger partial charge in [0.1, 0.15) is 11.6 Å². The summed E-state index contributed by atoms with van der Waals surface area (Å²) in [5.41, 5.74) is 2.14. The minimum Gasteiger partial charge on any atom is -0.495 e. The molecule has 3 aromatic rings. The molecule has 2 aliphatic rings. The Kier molecular flexibility index (Phi) is 6.53. The van der Waals surface area contributed by atoms with E-state index in [-0.39, 0.29) is 11.9 Å². The topological polar surface area (TPSA) is 59.3 Å². The van der Waals surface area contributed by atoms with E-state index in [0.717, 1.165) is 61.8 Å². The summed E-state index contributed by atoms with van der Waals surface area (Å²) < 4.78 is 21.4. The average molecular weight is 451 g/mol. The maximum atomic E-state index is 13.7. The smallest absolute Gasteiger partial charge is 0.173 e. The number of halogens is 1. The van der Waals surface area contributed by atoms with E-state index < -0.39 is 0 Å². The van der Waals surface area contributed by atoms with Gasteiger partial charge in [0.05, 0.1) is 24.9 Å². The molecule has 7 nitrogen and oxygen atoms in total. The first-order chi connectivity index (χ1) is 16.2. The van der Waals surface area contributed by atoms with E-state index in [0.29, 0.717) is 6.04 Å². The average Bonchev–Trinajstić information content (AvgIpc) is 3.36. The van der Waals surface area contributed by atoms with Crippen LogP contribution in [0.3, 0.4) is 0 Å². The first-order valence-electron chi connectivity index (χ1n) is 11.9. The van der Waals surface area contributed by atoms with Crippen molar-refractivity contribution in [2.24, 2.45) is 0 Å². The highest BCUT2D eigenvalue weighted by molar-refractivity contribution is 5.58. The van der Waals surface area contributed by atoms with E-state index in [1.807, 2.05) is 35.0 Å². The third kappa shape index (κ3) is 4.57. The van der Waals surface area contributed by atoms with Crippen LogP contribution >= 0.6 is 0 Å². The third-order valence-electron chi connectivity index (χ3n) is 6.97. The summed E-state index contributed by atoms with van der Waals surface area (Å²) in [6.45, 7) is 3.42. The number of anilines is 1. The quantitative estimate of drug-likeness (QED) is 0.560. The van der Waals surface area contributed by atoms with E-state index >= 15 is 0 Å². The lowest BCUT2D eigenvalue weighted by atomic mass is 9.95. The van der Waals surface area contributed by atoms with E-state index in [1.54, 1.807) is 7.11 Å².